The fourth-order valence-corrected chi connectivity index (χ4v) is 3.36. The molecule has 0 saturated heterocycles. The SMILES string of the molecule is O=C1CSc2ccc(C(=O)Nc3cnc4ccccc4c3)cc2N1. The van der Waals surface area contributed by atoms with Crippen LogP contribution >= 0.6 is 11.8 Å². The quantitative estimate of drug-likeness (QED) is 0.751. The van der Waals surface area contributed by atoms with E-state index in [1.165, 1.54) is 11.8 Å². The van der Waals surface area contributed by atoms with E-state index in [0.717, 1.165) is 15.8 Å². The van der Waals surface area contributed by atoms with E-state index in [1.54, 1.807) is 18.3 Å². The van der Waals surface area contributed by atoms with Gasteiger partial charge in [-0.15, -0.1) is 11.8 Å². The Morgan fingerprint density at radius 1 is 1.17 bits per heavy atom. The fraction of sp³-hybridized carbons (Fsp3) is 0.0556. The minimum Gasteiger partial charge on any atom is -0.324 e. The molecule has 0 bridgehead atoms. The van der Waals surface area contributed by atoms with Gasteiger partial charge in [0.2, 0.25) is 5.91 Å². The van der Waals surface area contributed by atoms with Crippen LogP contribution in [0, 0.1) is 0 Å². The lowest BCUT2D eigenvalue weighted by molar-refractivity contribution is -0.113. The first-order valence-electron chi connectivity index (χ1n) is 7.42. The Hall–Kier alpha value is -2.86. The molecular weight excluding hydrogens is 322 g/mol. The van der Waals surface area contributed by atoms with Crippen molar-refractivity contribution in [1.29, 1.82) is 0 Å². The van der Waals surface area contributed by atoms with Gasteiger partial charge in [-0.05, 0) is 30.3 Å². The maximum atomic E-state index is 12.5. The molecule has 0 fully saturated rings. The van der Waals surface area contributed by atoms with E-state index in [-0.39, 0.29) is 11.8 Å². The molecule has 0 saturated carbocycles. The predicted octanol–water partition coefficient (Wildman–Crippen LogP) is 3.53. The first-order chi connectivity index (χ1) is 11.7. The summed E-state index contributed by atoms with van der Waals surface area (Å²) in [4.78, 5) is 29.2. The number of hydrogen-bond acceptors (Lipinski definition) is 4. The standard InChI is InChI=1S/C18H13N3O2S/c22-17-10-24-16-6-5-12(8-15(16)21-17)18(23)20-13-7-11-3-1-2-4-14(11)19-9-13/h1-9H,10H2,(H,20,23)(H,21,22). The molecule has 5 nitrogen and oxygen atoms in total. The van der Waals surface area contributed by atoms with Crippen molar-refractivity contribution in [2.45, 2.75) is 4.90 Å². The molecule has 2 amide bonds. The van der Waals surface area contributed by atoms with Crippen LogP contribution in [0.4, 0.5) is 11.4 Å². The van der Waals surface area contributed by atoms with Crippen molar-refractivity contribution < 1.29 is 9.59 Å². The van der Waals surface area contributed by atoms with Crippen LogP contribution in [0.15, 0.2) is 59.6 Å². The molecule has 1 aromatic heterocycles. The Balaban J connectivity index is 1.59. The smallest absolute Gasteiger partial charge is 0.255 e. The summed E-state index contributed by atoms with van der Waals surface area (Å²) in [6, 6.07) is 14.9. The number of fused-ring (bicyclic) bond motifs is 2. The third-order valence-electron chi connectivity index (χ3n) is 3.72. The number of hydrogen-bond donors (Lipinski definition) is 2. The summed E-state index contributed by atoms with van der Waals surface area (Å²) < 4.78 is 0. The zero-order chi connectivity index (χ0) is 16.5. The van der Waals surface area contributed by atoms with Gasteiger partial charge in [0.25, 0.3) is 5.91 Å². The van der Waals surface area contributed by atoms with Crippen LogP contribution < -0.4 is 10.6 Å². The van der Waals surface area contributed by atoms with Gasteiger partial charge in [0.05, 0.1) is 28.8 Å². The molecule has 0 spiro atoms. The first kappa shape index (κ1) is 14.7. The average Bonchev–Trinajstić information content (AvgIpc) is 2.61. The lowest BCUT2D eigenvalue weighted by Gasteiger charge is -2.17. The van der Waals surface area contributed by atoms with Gasteiger partial charge in [0, 0.05) is 15.8 Å². The van der Waals surface area contributed by atoms with Crippen molar-refractivity contribution in [3.05, 3.63) is 60.3 Å². The monoisotopic (exact) mass is 335 g/mol. The van der Waals surface area contributed by atoms with Gasteiger partial charge in [-0.25, -0.2) is 0 Å². The van der Waals surface area contributed by atoms with Gasteiger partial charge in [-0.3, -0.25) is 14.6 Å². The van der Waals surface area contributed by atoms with Crippen molar-refractivity contribution >= 4 is 45.9 Å². The highest BCUT2D eigenvalue weighted by Crippen LogP contribution is 2.32. The van der Waals surface area contributed by atoms with Crippen molar-refractivity contribution in [3.63, 3.8) is 0 Å². The van der Waals surface area contributed by atoms with Gasteiger partial charge < -0.3 is 10.6 Å². The number of pyridine rings is 1. The van der Waals surface area contributed by atoms with Crippen LogP contribution in [-0.4, -0.2) is 22.6 Å². The molecule has 2 N–H and O–H groups in total. The molecule has 118 valence electrons. The zero-order valence-electron chi connectivity index (χ0n) is 12.6. The maximum Gasteiger partial charge on any atom is 0.255 e. The highest BCUT2D eigenvalue weighted by Gasteiger charge is 2.17. The van der Waals surface area contributed by atoms with E-state index in [0.29, 0.717) is 22.7 Å². The van der Waals surface area contributed by atoms with Crippen molar-refractivity contribution in [2.75, 3.05) is 16.4 Å². The lowest BCUT2D eigenvalue weighted by atomic mass is 10.1. The molecule has 0 unspecified atom stereocenters. The van der Waals surface area contributed by atoms with Gasteiger partial charge in [0.15, 0.2) is 0 Å². The van der Waals surface area contributed by atoms with E-state index in [4.69, 9.17) is 0 Å². The summed E-state index contributed by atoms with van der Waals surface area (Å²) >= 11 is 1.47. The topological polar surface area (TPSA) is 71.1 Å². The Kier molecular flexibility index (Phi) is 3.66. The summed E-state index contributed by atoms with van der Waals surface area (Å²) in [5.74, 6) is 0.116. The summed E-state index contributed by atoms with van der Waals surface area (Å²) in [6.45, 7) is 0. The number of nitrogens with zero attached hydrogens (tertiary/aromatic N) is 1. The Morgan fingerprint density at radius 2 is 2.04 bits per heavy atom. The second-order valence-electron chi connectivity index (χ2n) is 5.42. The lowest BCUT2D eigenvalue weighted by Crippen LogP contribution is -2.19. The van der Waals surface area contributed by atoms with Gasteiger partial charge >= 0.3 is 0 Å². The van der Waals surface area contributed by atoms with Gasteiger partial charge in [0.1, 0.15) is 0 Å². The normalized spacial score (nSPS) is 13.2. The number of carbonyl (C=O) groups is 2. The van der Waals surface area contributed by atoms with Gasteiger partial charge in [-0.2, -0.15) is 0 Å². The molecule has 24 heavy (non-hydrogen) atoms. The Bertz CT molecular complexity index is 971. The molecule has 2 aromatic carbocycles. The molecule has 3 aromatic rings. The molecule has 0 atom stereocenters. The number of anilines is 2. The number of nitrogens with one attached hydrogen (secondary N) is 2. The number of benzene rings is 2. The largest absolute Gasteiger partial charge is 0.324 e. The summed E-state index contributed by atoms with van der Waals surface area (Å²) in [6.07, 6.45) is 1.64. The van der Waals surface area contributed by atoms with Crippen molar-refractivity contribution in [2.24, 2.45) is 0 Å². The van der Waals surface area contributed by atoms with Crippen LogP contribution in [0.2, 0.25) is 0 Å². The molecule has 6 heteroatoms. The maximum absolute atomic E-state index is 12.5. The molecule has 1 aliphatic heterocycles. The second kappa shape index (κ2) is 5.98. The molecule has 4 rings (SSSR count). The summed E-state index contributed by atoms with van der Waals surface area (Å²) in [5, 5.41) is 6.60. The highest BCUT2D eigenvalue weighted by atomic mass is 32.2. The average molecular weight is 335 g/mol. The van der Waals surface area contributed by atoms with E-state index in [9.17, 15) is 9.59 Å². The van der Waals surface area contributed by atoms with Crippen LogP contribution in [0.25, 0.3) is 10.9 Å². The molecule has 1 aliphatic rings. The number of thioether (sulfide) groups is 1. The van der Waals surface area contributed by atoms with Crippen molar-refractivity contribution in [1.82, 2.24) is 4.98 Å². The molecular formula is C18H13N3O2S. The predicted molar refractivity (Wildman–Crippen MR) is 95.5 cm³/mol. The number of para-hydroxylation sites is 1. The first-order valence-corrected chi connectivity index (χ1v) is 8.40. The van der Waals surface area contributed by atoms with E-state index in [1.807, 2.05) is 36.4 Å². The Morgan fingerprint density at radius 3 is 2.96 bits per heavy atom. The summed E-state index contributed by atoms with van der Waals surface area (Å²) in [7, 11) is 0. The number of aromatic nitrogens is 1. The van der Waals surface area contributed by atoms with Crippen molar-refractivity contribution in [3.8, 4) is 0 Å². The third kappa shape index (κ3) is 2.83. The van der Waals surface area contributed by atoms with Crippen LogP contribution in [-0.2, 0) is 4.79 Å². The number of rotatable bonds is 2. The third-order valence-corrected chi connectivity index (χ3v) is 4.80. The number of amides is 2. The van der Waals surface area contributed by atoms with E-state index < -0.39 is 0 Å². The minimum absolute atomic E-state index is 0.0520. The van der Waals surface area contributed by atoms with Crippen LogP contribution in [0.1, 0.15) is 10.4 Å². The van der Waals surface area contributed by atoms with Gasteiger partial charge in [-0.1, -0.05) is 18.2 Å². The number of carbonyl (C=O) groups excluding carboxylic acids is 2. The summed E-state index contributed by atoms with van der Waals surface area (Å²) in [5.41, 5.74) is 2.68. The highest BCUT2D eigenvalue weighted by molar-refractivity contribution is 8.00. The van der Waals surface area contributed by atoms with E-state index >= 15 is 0 Å². The Labute approximate surface area is 142 Å². The molecule has 0 radical (unpaired) electrons. The second-order valence-corrected chi connectivity index (χ2v) is 6.44. The zero-order valence-corrected chi connectivity index (χ0v) is 13.4. The molecule has 2 heterocycles. The fourth-order valence-electron chi connectivity index (χ4n) is 2.57. The van der Waals surface area contributed by atoms with Crippen LogP contribution in [0.5, 0.6) is 0 Å². The van der Waals surface area contributed by atoms with Crippen LogP contribution in [0.3, 0.4) is 0 Å². The molecule has 0 aliphatic carbocycles. The minimum atomic E-state index is -0.236. The van der Waals surface area contributed by atoms with E-state index in [2.05, 4.69) is 15.6 Å².